The maximum atomic E-state index is 6.06. The maximum absolute atomic E-state index is 6.06. The second kappa shape index (κ2) is 4.06. The van der Waals surface area contributed by atoms with Crippen molar-refractivity contribution in [3.8, 4) is 0 Å². The molecule has 1 aromatic rings. The number of fused-ring (bicyclic) bond motifs is 2. The summed E-state index contributed by atoms with van der Waals surface area (Å²) in [6.45, 7) is 3.19. The van der Waals surface area contributed by atoms with E-state index in [9.17, 15) is 0 Å². The molecule has 0 amide bonds. The summed E-state index contributed by atoms with van der Waals surface area (Å²) in [6.07, 6.45) is 5.22. The second-order valence-corrected chi connectivity index (χ2v) is 5.06. The molecule has 84 valence electrons. The van der Waals surface area contributed by atoms with Gasteiger partial charge in [-0.05, 0) is 31.2 Å². The predicted molar refractivity (Wildman–Crippen MR) is 65.1 cm³/mol. The van der Waals surface area contributed by atoms with Crippen molar-refractivity contribution < 1.29 is 4.74 Å². The Morgan fingerprint density at radius 1 is 1.19 bits per heavy atom. The molecule has 1 aliphatic heterocycles. The van der Waals surface area contributed by atoms with Crippen LogP contribution in [0, 0.1) is 11.8 Å². The largest absolute Gasteiger partial charge is 0.373 e. The van der Waals surface area contributed by atoms with Crippen molar-refractivity contribution in [1.82, 2.24) is 0 Å². The number of hydrogen-bond acceptors (Lipinski definition) is 1. The molecular formula is C15H18O. The van der Waals surface area contributed by atoms with E-state index < -0.39 is 0 Å². The highest BCUT2D eigenvalue weighted by molar-refractivity contribution is 5.23. The van der Waals surface area contributed by atoms with Gasteiger partial charge in [-0.15, -0.1) is 0 Å². The lowest BCUT2D eigenvalue weighted by Gasteiger charge is -2.40. The predicted octanol–water partition coefficient (Wildman–Crippen LogP) is 3.73. The second-order valence-electron chi connectivity index (χ2n) is 5.06. The number of hydrogen-bond donors (Lipinski definition) is 0. The lowest BCUT2D eigenvalue weighted by molar-refractivity contribution is -0.0512. The summed E-state index contributed by atoms with van der Waals surface area (Å²) in [6, 6.07) is 10.7. The first-order valence-electron chi connectivity index (χ1n) is 6.18. The molecule has 0 saturated carbocycles. The van der Waals surface area contributed by atoms with Crippen molar-refractivity contribution in [1.29, 1.82) is 0 Å². The lowest BCUT2D eigenvalue weighted by Crippen LogP contribution is -2.32. The van der Waals surface area contributed by atoms with E-state index in [1.165, 1.54) is 24.0 Å². The topological polar surface area (TPSA) is 9.23 Å². The molecule has 1 fully saturated rings. The molecule has 1 heteroatoms. The Balaban J connectivity index is 1.91. The van der Waals surface area contributed by atoms with Gasteiger partial charge in [0.1, 0.15) is 0 Å². The molecule has 0 spiro atoms. The Kier molecular flexibility index (Phi) is 2.56. The minimum absolute atomic E-state index is 0.286. The molecule has 0 unspecified atom stereocenters. The van der Waals surface area contributed by atoms with Crippen LogP contribution in [-0.4, -0.2) is 6.61 Å². The summed E-state index contributed by atoms with van der Waals surface area (Å²) in [4.78, 5) is 0. The third kappa shape index (κ3) is 1.69. The maximum Gasteiger partial charge on any atom is 0.0890 e. The van der Waals surface area contributed by atoms with Crippen LogP contribution < -0.4 is 0 Å². The van der Waals surface area contributed by atoms with Gasteiger partial charge in [0.15, 0.2) is 0 Å². The van der Waals surface area contributed by atoms with Gasteiger partial charge in [0.2, 0.25) is 0 Å². The van der Waals surface area contributed by atoms with Crippen LogP contribution in [0.2, 0.25) is 0 Å². The number of allylic oxidation sites excluding steroid dienone is 1. The van der Waals surface area contributed by atoms with Gasteiger partial charge < -0.3 is 4.74 Å². The molecule has 2 aliphatic rings. The highest BCUT2D eigenvalue weighted by atomic mass is 16.5. The van der Waals surface area contributed by atoms with E-state index in [0.29, 0.717) is 5.92 Å². The number of rotatable bonds is 1. The average Bonchev–Trinajstić information content (AvgIpc) is 2.36. The van der Waals surface area contributed by atoms with Crippen molar-refractivity contribution in [3.05, 3.63) is 47.5 Å². The summed E-state index contributed by atoms with van der Waals surface area (Å²) < 4.78 is 6.06. The minimum atomic E-state index is 0.286. The van der Waals surface area contributed by atoms with Gasteiger partial charge >= 0.3 is 0 Å². The van der Waals surface area contributed by atoms with Crippen molar-refractivity contribution in [2.45, 2.75) is 25.9 Å². The monoisotopic (exact) mass is 214 g/mol. The van der Waals surface area contributed by atoms with E-state index in [1.807, 2.05) is 0 Å². The Bertz CT molecular complexity index is 393. The third-order valence-electron chi connectivity index (χ3n) is 3.95. The summed E-state index contributed by atoms with van der Waals surface area (Å²) >= 11 is 0. The Morgan fingerprint density at radius 2 is 2.00 bits per heavy atom. The van der Waals surface area contributed by atoms with Crippen LogP contribution in [-0.2, 0) is 4.74 Å². The smallest absolute Gasteiger partial charge is 0.0890 e. The third-order valence-corrected chi connectivity index (χ3v) is 3.95. The normalized spacial score (nSPS) is 33.3. The molecule has 1 nitrogen and oxygen atoms in total. The Morgan fingerprint density at radius 3 is 2.81 bits per heavy atom. The molecule has 1 aliphatic carbocycles. The van der Waals surface area contributed by atoms with Gasteiger partial charge in [-0.3, -0.25) is 0 Å². The zero-order valence-corrected chi connectivity index (χ0v) is 9.73. The van der Waals surface area contributed by atoms with Crippen molar-refractivity contribution in [2.24, 2.45) is 11.8 Å². The molecule has 1 heterocycles. The van der Waals surface area contributed by atoms with E-state index in [1.54, 1.807) is 0 Å². The summed E-state index contributed by atoms with van der Waals surface area (Å²) in [5, 5.41) is 0. The molecule has 3 atom stereocenters. The fourth-order valence-electron chi connectivity index (χ4n) is 2.97. The van der Waals surface area contributed by atoms with Crippen LogP contribution in [0.1, 0.15) is 31.4 Å². The van der Waals surface area contributed by atoms with Gasteiger partial charge in [0.25, 0.3) is 0 Å². The Labute approximate surface area is 97.1 Å². The minimum Gasteiger partial charge on any atom is -0.373 e. The zero-order chi connectivity index (χ0) is 11.0. The molecule has 2 bridgehead atoms. The Hall–Kier alpha value is -1.08. The zero-order valence-electron chi connectivity index (χ0n) is 9.73. The fourth-order valence-corrected chi connectivity index (χ4v) is 2.97. The van der Waals surface area contributed by atoms with E-state index in [-0.39, 0.29) is 6.10 Å². The molecular weight excluding hydrogens is 196 g/mol. The quantitative estimate of drug-likeness (QED) is 0.647. The molecule has 1 aromatic carbocycles. The summed E-state index contributed by atoms with van der Waals surface area (Å²) in [7, 11) is 0. The van der Waals surface area contributed by atoms with Crippen molar-refractivity contribution in [2.75, 3.05) is 6.61 Å². The molecule has 0 aromatic heterocycles. The highest BCUT2D eigenvalue weighted by Crippen LogP contribution is 2.43. The summed E-state index contributed by atoms with van der Waals surface area (Å²) in [5.41, 5.74) is 2.85. The van der Waals surface area contributed by atoms with E-state index in [4.69, 9.17) is 4.74 Å². The first-order chi connectivity index (χ1) is 7.84. The first-order valence-corrected chi connectivity index (χ1v) is 6.18. The van der Waals surface area contributed by atoms with E-state index in [0.717, 1.165) is 12.5 Å². The highest BCUT2D eigenvalue weighted by Gasteiger charge is 2.35. The van der Waals surface area contributed by atoms with Gasteiger partial charge in [-0.25, -0.2) is 0 Å². The van der Waals surface area contributed by atoms with E-state index >= 15 is 0 Å². The SMILES string of the molecule is CC1=CC[C@H]2CO[C@H](c3ccccc3)[C@@H]1C2. The van der Waals surface area contributed by atoms with Crippen LogP contribution in [0.15, 0.2) is 42.0 Å². The van der Waals surface area contributed by atoms with Crippen LogP contribution in [0.5, 0.6) is 0 Å². The van der Waals surface area contributed by atoms with E-state index in [2.05, 4.69) is 43.3 Å². The fraction of sp³-hybridized carbons (Fsp3) is 0.467. The average molecular weight is 214 g/mol. The van der Waals surface area contributed by atoms with Crippen LogP contribution in [0.25, 0.3) is 0 Å². The van der Waals surface area contributed by atoms with Gasteiger partial charge in [-0.2, -0.15) is 0 Å². The number of ether oxygens (including phenoxy) is 1. The van der Waals surface area contributed by atoms with Crippen LogP contribution >= 0.6 is 0 Å². The van der Waals surface area contributed by atoms with Crippen LogP contribution in [0.3, 0.4) is 0 Å². The lowest BCUT2D eigenvalue weighted by atomic mass is 9.75. The van der Waals surface area contributed by atoms with Crippen molar-refractivity contribution in [3.63, 3.8) is 0 Å². The summed E-state index contributed by atoms with van der Waals surface area (Å²) in [5.74, 6) is 1.36. The molecule has 0 N–H and O–H groups in total. The molecule has 16 heavy (non-hydrogen) atoms. The van der Waals surface area contributed by atoms with Crippen LogP contribution in [0.4, 0.5) is 0 Å². The van der Waals surface area contributed by atoms with Crippen molar-refractivity contribution >= 4 is 0 Å². The standard InChI is InChI=1S/C15H18O/c1-11-7-8-12-9-14(11)15(16-10-12)13-5-3-2-4-6-13/h2-7,12,14-15H,8-10H2,1H3/t12-,14-,15-/m1/s1. The van der Waals surface area contributed by atoms with Gasteiger partial charge in [-0.1, -0.05) is 42.0 Å². The van der Waals surface area contributed by atoms with Gasteiger partial charge in [0.05, 0.1) is 12.7 Å². The van der Waals surface area contributed by atoms with Gasteiger partial charge in [0, 0.05) is 5.92 Å². The molecule has 1 saturated heterocycles. The molecule has 3 rings (SSSR count). The molecule has 0 radical (unpaired) electrons. The number of benzene rings is 1. The first kappa shape index (κ1) is 10.1.